The molecular weight excluding hydrogens is 135 g/mol. The van der Waals surface area contributed by atoms with Gasteiger partial charge in [-0.3, -0.25) is 4.21 Å². The first-order valence-corrected chi connectivity index (χ1v) is 3.00. The molecule has 8 heavy (non-hydrogen) atoms. The van der Waals surface area contributed by atoms with Crippen molar-refractivity contribution in [2.75, 3.05) is 0 Å². The third-order valence-electron chi connectivity index (χ3n) is 0.332. The summed E-state index contributed by atoms with van der Waals surface area (Å²) in [5, 5.41) is 1.17. The van der Waals surface area contributed by atoms with Gasteiger partial charge in [-0.1, -0.05) is 5.57 Å². The summed E-state index contributed by atoms with van der Waals surface area (Å²) in [4.78, 5) is 0. The molecule has 0 aliphatic rings. The monoisotopic (exact) mass is 143 g/mol. The van der Waals surface area contributed by atoms with Gasteiger partial charge in [0.15, 0.2) is 0 Å². The van der Waals surface area contributed by atoms with Gasteiger partial charge in [0.25, 0.3) is 0 Å². The van der Waals surface area contributed by atoms with Gasteiger partial charge in [-0.05, 0) is 30.3 Å². The summed E-state index contributed by atoms with van der Waals surface area (Å²) in [6.07, 6.45) is 0. The molecule has 0 fully saturated rings. The van der Waals surface area contributed by atoms with E-state index in [-0.39, 0.29) is 31.0 Å². The van der Waals surface area contributed by atoms with Crippen molar-refractivity contribution in [3.05, 3.63) is 11.0 Å². The van der Waals surface area contributed by atoms with E-state index in [9.17, 15) is 8.76 Å². The zero-order chi connectivity index (χ0) is 5.86. The molecule has 0 radical (unpaired) electrons. The summed E-state index contributed by atoms with van der Waals surface area (Å²) in [5.41, 5.74) is 0.799. The fourth-order valence-electron chi connectivity index (χ4n) is 0.192. The van der Waals surface area contributed by atoms with Crippen LogP contribution in [-0.4, -0.2) is 8.76 Å². The van der Waals surface area contributed by atoms with E-state index >= 15 is 0 Å². The molecule has 0 rings (SSSR count). The molecule has 0 aliphatic carbocycles. The maximum Gasteiger partial charge on any atom is 1.00 e. The Morgan fingerprint density at radius 3 is 2.12 bits per heavy atom. The van der Waals surface area contributed by atoms with Gasteiger partial charge in [0.2, 0.25) is 0 Å². The van der Waals surface area contributed by atoms with Crippen LogP contribution in [0.3, 0.4) is 0 Å². The minimum Gasteiger partial charge on any atom is -1.00 e. The van der Waals surface area contributed by atoms with E-state index in [1.54, 1.807) is 13.8 Å². The van der Waals surface area contributed by atoms with Gasteiger partial charge < -0.3 is 5.98 Å². The fourth-order valence-corrected chi connectivity index (χ4v) is 0.577. The van der Waals surface area contributed by atoms with E-state index in [4.69, 9.17) is 0 Å². The zero-order valence-corrected chi connectivity index (χ0v) is 8.12. The minimum absolute atomic E-state index is 0. The third kappa shape index (κ3) is 9.97. The molecule has 0 aromatic heterocycles. The normalized spacial score (nSPS) is 11.4. The molecule has 0 saturated carbocycles. The Labute approximate surface area is 75.4 Å². The van der Waals surface area contributed by atoms with E-state index < -0.39 is 11.1 Å². The van der Waals surface area contributed by atoms with Gasteiger partial charge in [-0.25, -0.2) is 0 Å². The molecule has 0 heterocycles. The Morgan fingerprint density at radius 2 is 2.12 bits per heavy atom. The topological polar surface area (TPSA) is 40.1 Å². The van der Waals surface area contributed by atoms with E-state index in [0.29, 0.717) is 0 Å². The predicted octanol–water partition coefficient (Wildman–Crippen LogP) is -2.09. The first-order valence-electron chi connectivity index (χ1n) is 1.86. The van der Waals surface area contributed by atoms with Crippen molar-refractivity contribution in [2.24, 2.45) is 0 Å². The van der Waals surface area contributed by atoms with Gasteiger partial charge in [0.05, 0.1) is 0 Å². The molecule has 4 heteroatoms. The van der Waals surface area contributed by atoms with Gasteiger partial charge in [0.1, 0.15) is 0 Å². The van der Waals surface area contributed by atoms with Crippen LogP contribution in [0.2, 0.25) is 0 Å². The first-order chi connectivity index (χ1) is 3.13. The van der Waals surface area contributed by atoms with Crippen molar-refractivity contribution in [2.45, 2.75) is 13.8 Å². The maximum absolute atomic E-state index is 9.73. The Bertz CT molecular complexity index is 111. The Hall–Kier alpha value is 0.850. The molecule has 2 nitrogen and oxygen atoms in total. The van der Waals surface area contributed by atoms with Gasteiger partial charge in [-0.15, -0.1) is 0 Å². The van der Waals surface area contributed by atoms with E-state index in [2.05, 4.69) is 0 Å². The van der Waals surface area contributed by atoms with Crippen molar-refractivity contribution in [1.29, 1.82) is 0 Å². The quantitative estimate of drug-likeness (QED) is 0.312. The van der Waals surface area contributed by atoms with Crippen LogP contribution in [0.1, 0.15) is 15.3 Å². The van der Waals surface area contributed by atoms with Crippen LogP contribution in [0.15, 0.2) is 11.0 Å². The Kier molecular flexibility index (Phi) is 8.68. The first kappa shape index (κ1) is 11.6. The molecule has 0 N–H and O–H groups in total. The minimum atomic E-state index is -2.01. The maximum atomic E-state index is 9.73. The summed E-state index contributed by atoms with van der Waals surface area (Å²) in [5.74, 6) is 0. The van der Waals surface area contributed by atoms with Crippen LogP contribution < -0.4 is 29.6 Å². The summed E-state index contributed by atoms with van der Waals surface area (Å²) in [7, 11) is 0. The predicted molar refractivity (Wildman–Crippen MR) is 29.5 cm³/mol. The second-order valence-corrected chi connectivity index (χ2v) is 2.21. The standard InChI is InChI=1S/C4H8O2S.Na.H/c1-4(2)3-7(5)6;;/h3H,1-2H3,(H,5,6);;/q;+1;-1/p-1. The second kappa shape index (κ2) is 5.98. The molecular formula is C4H8NaO2S-. The number of allylic oxidation sites excluding steroid dienone is 1. The van der Waals surface area contributed by atoms with Gasteiger partial charge >= 0.3 is 29.6 Å². The Morgan fingerprint density at radius 1 is 1.75 bits per heavy atom. The summed E-state index contributed by atoms with van der Waals surface area (Å²) in [6.45, 7) is 3.46. The van der Waals surface area contributed by atoms with Crippen LogP contribution in [0.25, 0.3) is 0 Å². The average Bonchev–Trinajstić information content (AvgIpc) is 1.27. The number of rotatable bonds is 1. The van der Waals surface area contributed by atoms with Crippen LogP contribution >= 0.6 is 0 Å². The van der Waals surface area contributed by atoms with Crippen LogP contribution in [0.5, 0.6) is 0 Å². The average molecular weight is 143 g/mol. The number of hydrogen-bond acceptors (Lipinski definition) is 2. The molecule has 0 spiro atoms. The van der Waals surface area contributed by atoms with Crippen molar-refractivity contribution >= 4 is 11.1 Å². The summed E-state index contributed by atoms with van der Waals surface area (Å²) >= 11 is -2.01. The third-order valence-corrected chi connectivity index (χ3v) is 0.996. The molecule has 44 valence electrons. The second-order valence-electron chi connectivity index (χ2n) is 1.46. The van der Waals surface area contributed by atoms with Crippen molar-refractivity contribution < 1.29 is 39.7 Å². The molecule has 0 aromatic carbocycles. The van der Waals surface area contributed by atoms with Crippen LogP contribution in [-0.2, 0) is 11.1 Å². The van der Waals surface area contributed by atoms with E-state index in [1.807, 2.05) is 0 Å². The molecule has 0 saturated heterocycles. The molecule has 1 atom stereocenters. The fraction of sp³-hybridized carbons (Fsp3) is 0.500. The smallest absolute Gasteiger partial charge is 1.00 e. The van der Waals surface area contributed by atoms with Gasteiger partial charge in [-0.2, -0.15) is 0 Å². The molecule has 0 aliphatic heterocycles. The zero-order valence-electron chi connectivity index (χ0n) is 6.30. The molecule has 1 unspecified atom stereocenters. The van der Waals surface area contributed by atoms with Crippen LogP contribution in [0, 0.1) is 0 Å². The summed E-state index contributed by atoms with van der Waals surface area (Å²) in [6, 6.07) is 0. The SMILES string of the molecule is CC(C)=CS(=O)[O-].[H-].[Na+]. The number of hydrogen-bond donors (Lipinski definition) is 0. The summed E-state index contributed by atoms with van der Waals surface area (Å²) < 4.78 is 19.5. The molecule has 0 aromatic rings. The van der Waals surface area contributed by atoms with E-state index in [1.165, 1.54) is 5.41 Å². The van der Waals surface area contributed by atoms with Crippen molar-refractivity contribution in [1.82, 2.24) is 0 Å². The van der Waals surface area contributed by atoms with Crippen molar-refractivity contribution in [3.63, 3.8) is 0 Å². The Balaban J connectivity index is -0.000000180. The van der Waals surface area contributed by atoms with Crippen molar-refractivity contribution in [3.8, 4) is 0 Å². The molecule has 0 bridgehead atoms. The molecule has 0 amide bonds. The largest absolute Gasteiger partial charge is 1.00 e. The van der Waals surface area contributed by atoms with E-state index in [0.717, 1.165) is 5.57 Å². The van der Waals surface area contributed by atoms with Crippen LogP contribution in [0.4, 0.5) is 0 Å². The van der Waals surface area contributed by atoms with Gasteiger partial charge in [0, 0.05) is 0 Å².